The van der Waals surface area contributed by atoms with E-state index in [0.717, 1.165) is 44.2 Å². The Bertz CT molecular complexity index is 489. The summed E-state index contributed by atoms with van der Waals surface area (Å²) in [6.45, 7) is 7.95. The number of β-amino-alcohol motifs (C(OH)–C–C–N with tert-alkyl or cyclic N) is 1. The maximum atomic E-state index is 10.3. The van der Waals surface area contributed by atoms with Crippen molar-refractivity contribution in [2.75, 3.05) is 39.5 Å². The molecule has 1 N–H and O–H groups in total. The number of rotatable bonds is 7. The minimum Gasteiger partial charge on any atom is -0.454 e. The van der Waals surface area contributed by atoms with Crippen LogP contribution >= 0.6 is 0 Å². The molecule has 2 aliphatic heterocycles. The second-order valence-corrected chi connectivity index (χ2v) is 6.18. The Kier molecular flexibility index (Phi) is 5.18. The molecule has 3 rings (SSSR count). The lowest BCUT2D eigenvalue weighted by Crippen LogP contribution is -2.39. The van der Waals surface area contributed by atoms with Gasteiger partial charge in [0.1, 0.15) is 0 Å². The first-order valence-corrected chi connectivity index (χ1v) is 8.26. The fourth-order valence-electron chi connectivity index (χ4n) is 3.22. The number of aliphatic hydroxyl groups excluding tert-OH is 1. The van der Waals surface area contributed by atoms with Crippen LogP contribution in [0.2, 0.25) is 0 Å². The summed E-state index contributed by atoms with van der Waals surface area (Å²) in [5.41, 5.74) is 1.19. The minimum atomic E-state index is -0.285. The molecular weight excluding hydrogens is 280 g/mol. The summed E-state index contributed by atoms with van der Waals surface area (Å²) >= 11 is 0. The predicted molar refractivity (Wildman–Crippen MR) is 85.2 cm³/mol. The number of nitrogens with zero attached hydrogens (tertiary/aromatic N) is 2. The highest BCUT2D eigenvalue weighted by Crippen LogP contribution is 2.32. The van der Waals surface area contributed by atoms with Gasteiger partial charge in [-0.3, -0.25) is 4.90 Å². The van der Waals surface area contributed by atoms with Crippen LogP contribution in [0.15, 0.2) is 18.2 Å². The monoisotopic (exact) mass is 306 g/mol. The zero-order valence-electron chi connectivity index (χ0n) is 13.3. The molecule has 2 aliphatic rings. The maximum absolute atomic E-state index is 10.3. The van der Waals surface area contributed by atoms with Crippen LogP contribution in [0.4, 0.5) is 0 Å². The summed E-state index contributed by atoms with van der Waals surface area (Å²) in [7, 11) is 0. The zero-order valence-corrected chi connectivity index (χ0v) is 13.3. The third kappa shape index (κ3) is 3.91. The molecule has 0 unspecified atom stereocenters. The van der Waals surface area contributed by atoms with Gasteiger partial charge in [-0.2, -0.15) is 0 Å². The Balaban J connectivity index is 1.52. The molecule has 22 heavy (non-hydrogen) atoms. The van der Waals surface area contributed by atoms with Gasteiger partial charge in [0.05, 0.1) is 6.10 Å². The summed E-state index contributed by atoms with van der Waals surface area (Å²) < 4.78 is 10.8. The average molecular weight is 306 g/mol. The van der Waals surface area contributed by atoms with Crippen molar-refractivity contribution in [3.8, 4) is 11.5 Å². The third-order valence-corrected chi connectivity index (χ3v) is 4.43. The van der Waals surface area contributed by atoms with Gasteiger partial charge in [-0.1, -0.05) is 13.0 Å². The Hall–Kier alpha value is -1.30. The molecule has 0 radical (unpaired) electrons. The topological polar surface area (TPSA) is 45.2 Å². The molecule has 0 amide bonds. The number of likely N-dealkylation sites (tertiary alicyclic amines) is 1. The second-order valence-electron chi connectivity index (χ2n) is 6.18. The first-order chi connectivity index (χ1) is 10.7. The SMILES string of the molecule is CCN(Cc1ccc2c(c1)OCO2)C[C@@H](O)CN1CCCC1. The van der Waals surface area contributed by atoms with Gasteiger partial charge in [-0.25, -0.2) is 0 Å². The fourth-order valence-corrected chi connectivity index (χ4v) is 3.22. The molecule has 5 heteroatoms. The summed E-state index contributed by atoms with van der Waals surface area (Å²) in [5.74, 6) is 1.65. The smallest absolute Gasteiger partial charge is 0.231 e. The van der Waals surface area contributed by atoms with Crippen molar-refractivity contribution in [1.29, 1.82) is 0 Å². The Labute approximate surface area is 132 Å². The van der Waals surface area contributed by atoms with Crippen LogP contribution in [-0.2, 0) is 6.54 Å². The Morgan fingerprint density at radius 1 is 1.23 bits per heavy atom. The third-order valence-electron chi connectivity index (χ3n) is 4.43. The van der Waals surface area contributed by atoms with Crippen molar-refractivity contribution in [3.63, 3.8) is 0 Å². The lowest BCUT2D eigenvalue weighted by molar-refractivity contribution is 0.0805. The highest BCUT2D eigenvalue weighted by Gasteiger charge is 2.19. The molecule has 1 fully saturated rings. The molecular formula is C17H26N2O3. The number of likely N-dealkylation sites (N-methyl/N-ethyl adjacent to an activating group) is 1. The van der Waals surface area contributed by atoms with Gasteiger partial charge in [0.25, 0.3) is 0 Å². The van der Waals surface area contributed by atoms with E-state index in [4.69, 9.17) is 9.47 Å². The van der Waals surface area contributed by atoms with Crippen LogP contribution in [-0.4, -0.2) is 60.5 Å². The molecule has 122 valence electrons. The van der Waals surface area contributed by atoms with E-state index >= 15 is 0 Å². The molecule has 0 aliphatic carbocycles. The minimum absolute atomic E-state index is 0.285. The number of aliphatic hydroxyl groups is 1. The molecule has 1 aromatic rings. The quantitative estimate of drug-likeness (QED) is 0.830. The molecule has 0 aromatic heterocycles. The maximum Gasteiger partial charge on any atom is 0.231 e. The molecule has 1 saturated heterocycles. The fraction of sp³-hybridized carbons (Fsp3) is 0.647. The summed E-state index contributed by atoms with van der Waals surface area (Å²) in [5, 5.41) is 10.3. The van der Waals surface area contributed by atoms with Crippen molar-refractivity contribution in [2.45, 2.75) is 32.4 Å². The summed E-state index contributed by atoms with van der Waals surface area (Å²) in [4.78, 5) is 4.64. The zero-order chi connectivity index (χ0) is 15.4. The van der Waals surface area contributed by atoms with Crippen molar-refractivity contribution >= 4 is 0 Å². The predicted octanol–water partition coefficient (Wildman–Crippen LogP) is 1.69. The molecule has 0 spiro atoms. The largest absolute Gasteiger partial charge is 0.454 e. The molecule has 5 nitrogen and oxygen atoms in total. The lowest BCUT2D eigenvalue weighted by atomic mass is 10.1. The first kappa shape index (κ1) is 15.6. The number of hydrogen-bond donors (Lipinski definition) is 1. The normalized spacial score (nSPS) is 19.0. The van der Waals surface area contributed by atoms with Gasteiger partial charge in [-0.15, -0.1) is 0 Å². The molecule has 0 saturated carbocycles. The second kappa shape index (κ2) is 7.31. The number of fused-ring (bicyclic) bond motifs is 1. The van der Waals surface area contributed by atoms with Crippen LogP contribution in [0.5, 0.6) is 11.5 Å². The first-order valence-electron chi connectivity index (χ1n) is 8.26. The number of ether oxygens (including phenoxy) is 2. The molecule has 2 heterocycles. The van der Waals surface area contributed by atoms with Crippen LogP contribution in [0, 0.1) is 0 Å². The standard InChI is InChI=1S/C17H26N2O3/c1-2-18(11-15(20)12-19-7-3-4-8-19)10-14-5-6-16-17(9-14)22-13-21-16/h5-6,9,15,20H,2-4,7-8,10-13H2,1H3/t15-/m1/s1. The van der Waals surface area contributed by atoms with Crippen LogP contribution in [0.1, 0.15) is 25.3 Å². The van der Waals surface area contributed by atoms with Crippen molar-refractivity contribution in [1.82, 2.24) is 9.80 Å². The van der Waals surface area contributed by atoms with E-state index in [-0.39, 0.29) is 6.10 Å². The van der Waals surface area contributed by atoms with Crippen LogP contribution < -0.4 is 9.47 Å². The van der Waals surface area contributed by atoms with Gasteiger partial charge in [0, 0.05) is 19.6 Å². The van der Waals surface area contributed by atoms with E-state index in [9.17, 15) is 5.11 Å². The highest BCUT2D eigenvalue weighted by molar-refractivity contribution is 5.44. The van der Waals surface area contributed by atoms with Gasteiger partial charge in [-0.05, 0) is 50.2 Å². The van der Waals surface area contributed by atoms with Crippen LogP contribution in [0.3, 0.4) is 0 Å². The van der Waals surface area contributed by atoms with Crippen molar-refractivity contribution in [3.05, 3.63) is 23.8 Å². The molecule has 1 aromatic carbocycles. The van der Waals surface area contributed by atoms with E-state index in [0.29, 0.717) is 13.3 Å². The number of benzene rings is 1. The van der Waals surface area contributed by atoms with Crippen LogP contribution in [0.25, 0.3) is 0 Å². The van der Waals surface area contributed by atoms with Gasteiger partial charge >= 0.3 is 0 Å². The molecule has 1 atom stereocenters. The lowest BCUT2D eigenvalue weighted by Gasteiger charge is -2.26. The highest BCUT2D eigenvalue weighted by atomic mass is 16.7. The van der Waals surface area contributed by atoms with Gasteiger partial charge < -0.3 is 19.5 Å². The van der Waals surface area contributed by atoms with E-state index in [1.165, 1.54) is 18.4 Å². The molecule has 0 bridgehead atoms. The van der Waals surface area contributed by atoms with Gasteiger partial charge in [0.2, 0.25) is 6.79 Å². The van der Waals surface area contributed by atoms with Crippen molar-refractivity contribution < 1.29 is 14.6 Å². The number of hydrogen-bond acceptors (Lipinski definition) is 5. The van der Waals surface area contributed by atoms with E-state index in [1.807, 2.05) is 12.1 Å². The van der Waals surface area contributed by atoms with Gasteiger partial charge in [0.15, 0.2) is 11.5 Å². The van der Waals surface area contributed by atoms with E-state index in [2.05, 4.69) is 22.8 Å². The summed E-state index contributed by atoms with van der Waals surface area (Å²) in [6.07, 6.45) is 2.25. The van der Waals surface area contributed by atoms with E-state index < -0.39 is 0 Å². The van der Waals surface area contributed by atoms with E-state index in [1.54, 1.807) is 0 Å². The Morgan fingerprint density at radius 2 is 2.00 bits per heavy atom. The Morgan fingerprint density at radius 3 is 2.77 bits per heavy atom. The average Bonchev–Trinajstić information content (AvgIpc) is 3.17. The van der Waals surface area contributed by atoms with Crippen molar-refractivity contribution in [2.24, 2.45) is 0 Å². The summed E-state index contributed by atoms with van der Waals surface area (Å²) in [6, 6.07) is 6.08.